The van der Waals surface area contributed by atoms with Gasteiger partial charge in [-0.05, 0) is 32.0 Å². The topological polar surface area (TPSA) is 51.5 Å². The van der Waals surface area contributed by atoms with Gasteiger partial charge < -0.3 is 14.2 Å². The van der Waals surface area contributed by atoms with E-state index >= 15 is 0 Å². The molecule has 2 heterocycles. The number of aromatic nitrogens is 1. The number of carbonyl (C=O) groups excluding carboxylic acids is 1. The average Bonchev–Trinajstić information content (AvgIpc) is 2.46. The molecule has 1 fully saturated rings. The fraction of sp³-hybridized carbons (Fsp3) is 0.571. The smallest absolute Gasteiger partial charge is 0.339 e. The van der Waals surface area contributed by atoms with Crippen molar-refractivity contribution >= 4 is 5.97 Å². The number of rotatable bonds is 4. The molecule has 19 heavy (non-hydrogen) atoms. The lowest BCUT2D eigenvalue weighted by Gasteiger charge is -2.26. The van der Waals surface area contributed by atoms with Crippen molar-refractivity contribution in [3.05, 3.63) is 34.2 Å². The summed E-state index contributed by atoms with van der Waals surface area (Å²) in [6.07, 6.45) is 5.35. The van der Waals surface area contributed by atoms with Crippen molar-refractivity contribution in [1.82, 2.24) is 9.47 Å². The zero-order chi connectivity index (χ0) is 13.7. The number of carbonyl (C=O) groups is 1. The highest BCUT2D eigenvalue weighted by molar-refractivity contribution is 5.88. The van der Waals surface area contributed by atoms with Crippen LogP contribution in [0.3, 0.4) is 0 Å². The predicted octanol–water partition coefficient (Wildman–Crippen LogP) is 1.12. The molecule has 5 heteroatoms. The summed E-state index contributed by atoms with van der Waals surface area (Å²) in [6, 6.07) is 2.92. The molecule has 1 saturated heterocycles. The van der Waals surface area contributed by atoms with Crippen molar-refractivity contribution in [3.8, 4) is 0 Å². The Morgan fingerprint density at radius 3 is 2.63 bits per heavy atom. The Bertz CT molecular complexity index is 490. The standard InChI is InChI=1S/C14H20N2O3/c1-19-14(18)12-5-6-13(17)16(11-12)10-9-15-7-3-2-4-8-15/h5-6,11H,2-4,7-10H2,1H3. The second kappa shape index (κ2) is 6.52. The summed E-state index contributed by atoms with van der Waals surface area (Å²) in [6.45, 7) is 3.67. The molecule has 0 spiro atoms. The zero-order valence-electron chi connectivity index (χ0n) is 11.3. The minimum atomic E-state index is -0.410. The molecular formula is C14H20N2O3. The summed E-state index contributed by atoms with van der Waals surface area (Å²) in [7, 11) is 1.34. The van der Waals surface area contributed by atoms with Gasteiger partial charge in [-0.25, -0.2) is 4.79 Å². The van der Waals surface area contributed by atoms with E-state index in [1.807, 2.05) is 0 Å². The Hall–Kier alpha value is -1.62. The number of likely N-dealkylation sites (tertiary alicyclic amines) is 1. The van der Waals surface area contributed by atoms with Gasteiger partial charge in [-0.1, -0.05) is 6.42 Å². The second-order valence-corrected chi connectivity index (χ2v) is 4.84. The predicted molar refractivity (Wildman–Crippen MR) is 72.3 cm³/mol. The first kappa shape index (κ1) is 13.8. The summed E-state index contributed by atoms with van der Waals surface area (Å²) in [4.78, 5) is 25.5. The van der Waals surface area contributed by atoms with Gasteiger partial charge in [0, 0.05) is 25.4 Å². The number of esters is 1. The lowest BCUT2D eigenvalue weighted by molar-refractivity contribution is 0.0599. The van der Waals surface area contributed by atoms with E-state index in [4.69, 9.17) is 0 Å². The van der Waals surface area contributed by atoms with E-state index in [9.17, 15) is 9.59 Å². The molecule has 0 aromatic carbocycles. The van der Waals surface area contributed by atoms with Crippen LogP contribution in [-0.2, 0) is 11.3 Å². The van der Waals surface area contributed by atoms with E-state index in [2.05, 4.69) is 9.64 Å². The largest absolute Gasteiger partial charge is 0.465 e. The molecule has 2 rings (SSSR count). The van der Waals surface area contributed by atoms with E-state index in [1.54, 1.807) is 10.8 Å². The Morgan fingerprint density at radius 2 is 1.95 bits per heavy atom. The maximum atomic E-state index is 11.7. The Labute approximate surface area is 112 Å². The molecule has 0 radical (unpaired) electrons. The van der Waals surface area contributed by atoms with Gasteiger partial charge in [0.15, 0.2) is 0 Å². The number of hydrogen-bond acceptors (Lipinski definition) is 4. The summed E-state index contributed by atoms with van der Waals surface area (Å²) in [5.74, 6) is -0.410. The highest BCUT2D eigenvalue weighted by Crippen LogP contribution is 2.08. The Morgan fingerprint density at radius 1 is 1.21 bits per heavy atom. The normalized spacial score (nSPS) is 16.3. The van der Waals surface area contributed by atoms with Gasteiger partial charge in [-0.2, -0.15) is 0 Å². The first-order chi connectivity index (χ1) is 9.20. The number of piperidine rings is 1. The quantitative estimate of drug-likeness (QED) is 0.765. The fourth-order valence-corrected chi connectivity index (χ4v) is 2.38. The summed E-state index contributed by atoms with van der Waals surface area (Å²) < 4.78 is 6.25. The highest BCUT2D eigenvalue weighted by atomic mass is 16.5. The number of hydrogen-bond donors (Lipinski definition) is 0. The van der Waals surface area contributed by atoms with Crippen LogP contribution in [0.4, 0.5) is 0 Å². The van der Waals surface area contributed by atoms with Gasteiger partial charge in [0.25, 0.3) is 5.56 Å². The Kier molecular flexibility index (Phi) is 4.74. The van der Waals surface area contributed by atoms with Crippen molar-refractivity contribution < 1.29 is 9.53 Å². The maximum Gasteiger partial charge on any atom is 0.339 e. The third-order valence-electron chi connectivity index (χ3n) is 3.51. The van der Waals surface area contributed by atoms with Crippen LogP contribution in [-0.4, -0.2) is 42.2 Å². The first-order valence-corrected chi connectivity index (χ1v) is 6.72. The minimum absolute atomic E-state index is 0.0790. The third kappa shape index (κ3) is 3.67. The molecule has 104 valence electrons. The molecule has 1 aromatic rings. The van der Waals surface area contributed by atoms with Crippen LogP contribution >= 0.6 is 0 Å². The van der Waals surface area contributed by atoms with Crippen LogP contribution in [0.5, 0.6) is 0 Å². The van der Waals surface area contributed by atoms with Crippen LogP contribution in [0.15, 0.2) is 23.1 Å². The second-order valence-electron chi connectivity index (χ2n) is 4.84. The molecule has 0 aliphatic carbocycles. The van der Waals surface area contributed by atoms with Gasteiger partial charge in [0.2, 0.25) is 0 Å². The van der Waals surface area contributed by atoms with Gasteiger partial charge >= 0.3 is 5.97 Å². The SMILES string of the molecule is COC(=O)c1ccc(=O)n(CCN2CCCCC2)c1. The lowest BCUT2D eigenvalue weighted by Crippen LogP contribution is -2.34. The molecule has 0 saturated carbocycles. The van der Waals surface area contributed by atoms with Gasteiger partial charge in [-0.15, -0.1) is 0 Å². The Balaban J connectivity index is 2.02. The minimum Gasteiger partial charge on any atom is -0.465 e. The van der Waals surface area contributed by atoms with Crippen LogP contribution in [0.2, 0.25) is 0 Å². The van der Waals surface area contributed by atoms with Crippen molar-refractivity contribution in [2.45, 2.75) is 25.8 Å². The van der Waals surface area contributed by atoms with Crippen LogP contribution < -0.4 is 5.56 Å². The number of ether oxygens (including phenoxy) is 1. The van der Waals surface area contributed by atoms with E-state index < -0.39 is 5.97 Å². The number of methoxy groups -OCH3 is 1. The van der Waals surface area contributed by atoms with Crippen molar-refractivity contribution in [2.24, 2.45) is 0 Å². The average molecular weight is 264 g/mol. The van der Waals surface area contributed by atoms with Crippen molar-refractivity contribution in [2.75, 3.05) is 26.7 Å². The highest BCUT2D eigenvalue weighted by Gasteiger charge is 2.11. The maximum absolute atomic E-state index is 11.7. The third-order valence-corrected chi connectivity index (χ3v) is 3.51. The summed E-state index contributed by atoms with van der Waals surface area (Å²) >= 11 is 0. The van der Waals surface area contributed by atoms with E-state index in [1.165, 1.54) is 38.5 Å². The molecule has 1 aliphatic rings. The molecule has 0 unspecified atom stereocenters. The molecule has 0 amide bonds. The van der Waals surface area contributed by atoms with E-state index in [0.717, 1.165) is 19.6 Å². The molecule has 0 bridgehead atoms. The first-order valence-electron chi connectivity index (χ1n) is 6.72. The van der Waals surface area contributed by atoms with E-state index in [0.29, 0.717) is 12.1 Å². The fourth-order valence-electron chi connectivity index (χ4n) is 2.38. The van der Waals surface area contributed by atoms with Crippen LogP contribution in [0.25, 0.3) is 0 Å². The van der Waals surface area contributed by atoms with Crippen molar-refractivity contribution in [3.63, 3.8) is 0 Å². The summed E-state index contributed by atoms with van der Waals surface area (Å²) in [5.41, 5.74) is 0.338. The van der Waals surface area contributed by atoms with Gasteiger partial charge in [0.05, 0.1) is 12.7 Å². The molecule has 5 nitrogen and oxygen atoms in total. The molecular weight excluding hydrogens is 244 g/mol. The van der Waals surface area contributed by atoms with Crippen LogP contribution in [0.1, 0.15) is 29.6 Å². The number of nitrogens with zero attached hydrogens (tertiary/aromatic N) is 2. The molecule has 1 aliphatic heterocycles. The van der Waals surface area contributed by atoms with Gasteiger partial charge in [0.1, 0.15) is 0 Å². The van der Waals surface area contributed by atoms with Gasteiger partial charge in [-0.3, -0.25) is 4.79 Å². The number of pyridine rings is 1. The van der Waals surface area contributed by atoms with Crippen LogP contribution in [0, 0.1) is 0 Å². The van der Waals surface area contributed by atoms with E-state index in [-0.39, 0.29) is 5.56 Å². The van der Waals surface area contributed by atoms with Crippen molar-refractivity contribution in [1.29, 1.82) is 0 Å². The molecule has 0 N–H and O–H groups in total. The summed E-state index contributed by atoms with van der Waals surface area (Å²) in [5, 5.41) is 0. The zero-order valence-corrected chi connectivity index (χ0v) is 11.3. The molecule has 1 aromatic heterocycles. The molecule has 0 atom stereocenters. The monoisotopic (exact) mass is 264 g/mol. The lowest BCUT2D eigenvalue weighted by atomic mass is 10.1.